The molecular formula is C20H25F3N4OS. The molecule has 0 radical (unpaired) electrons. The van der Waals surface area contributed by atoms with Gasteiger partial charge in [0, 0.05) is 26.2 Å². The predicted octanol–water partition coefficient (Wildman–Crippen LogP) is 3.76. The fourth-order valence-corrected chi connectivity index (χ4v) is 4.34. The number of hydrogen-bond donors (Lipinski definition) is 0. The monoisotopic (exact) mass is 426 g/mol. The lowest BCUT2D eigenvalue weighted by Crippen LogP contribution is -2.50. The summed E-state index contributed by atoms with van der Waals surface area (Å²) in [5, 5.41) is -0.310. The van der Waals surface area contributed by atoms with E-state index >= 15 is 0 Å². The number of aromatic nitrogens is 2. The highest BCUT2D eigenvalue weighted by atomic mass is 32.2. The van der Waals surface area contributed by atoms with Gasteiger partial charge in [-0.05, 0) is 19.0 Å². The minimum atomic E-state index is -4.39. The van der Waals surface area contributed by atoms with Crippen molar-refractivity contribution in [1.82, 2.24) is 19.4 Å². The van der Waals surface area contributed by atoms with Crippen molar-refractivity contribution in [3.63, 3.8) is 0 Å². The van der Waals surface area contributed by atoms with Crippen molar-refractivity contribution in [3.8, 4) is 11.3 Å². The summed E-state index contributed by atoms with van der Waals surface area (Å²) < 4.78 is 40.8. The third-order valence-corrected chi connectivity index (χ3v) is 6.08. The molecule has 1 saturated heterocycles. The number of halogens is 3. The fourth-order valence-electron chi connectivity index (χ4n) is 3.37. The number of hydrogen-bond acceptors (Lipinski definition) is 4. The van der Waals surface area contributed by atoms with E-state index in [9.17, 15) is 18.0 Å². The summed E-state index contributed by atoms with van der Waals surface area (Å²) in [4.78, 5) is 21.1. The second kappa shape index (κ2) is 9.21. The van der Waals surface area contributed by atoms with E-state index in [-0.39, 0.29) is 11.1 Å². The van der Waals surface area contributed by atoms with Crippen molar-refractivity contribution < 1.29 is 18.0 Å². The van der Waals surface area contributed by atoms with Crippen LogP contribution in [-0.4, -0.2) is 69.4 Å². The normalized spacial score (nSPS) is 16.8. The van der Waals surface area contributed by atoms with E-state index in [1.165, 1.54) is 6.20 Å². The van der Waals surface area contributed by atoms with Gasteiger partial charge < -0.3 is 14.4 Å². The van der Waals surface area contributed by atoms with Crippen molar-refractivity contribution in [2.24, 2.45) is 0 Å². The van der Waals surface area contributed by atoms with Gasteiger partial charge in [-0.3, -0.25) is 4.79 Å². The number of benzene rings is 1. The molecule has 1 fully saturated rings. The molecule has 1 unspecified atom stereocenters. The standard InChI is InChI=1S/C20H25F3N4OS/c1-3-25-9-11-26(12-10-25)18(28)15(2)29-19-24-13-17(16-7-5-4-6-8-16)27(19)14-20(21,22)23/h4-8,13,15H,3,9-12,14H2,1-2H3. The van der Waals surface area contributed by atoms with Crippen LogP contribution in [0, 0.1) is 0 Å². The number of amides is 1. The number of piperazine rings is 1. The third-order valence-electron chi connectivity index (χ3n) is 4.99. The van der Waals surface area contributed by atoms with E-state index in [2.05, 4.69) is 16.8 Å². The zero-order valence-electron chi connectivity index (χ0n) is 16.5. The van der Waals surface area contributed by atoms with E-state index in [0.717, 1.165) is 36.0 Å². The van der Waals surface area contributed by atoms with Crippen LogP contribution in [-0.2, 0) is 11.3 Å². The molecule has 158 valence electrons. The van der Waals surface area contributed by atoms with Gasteiger partial charge in [0.1, 0.15) is 6.54 Å². The molecular weight excluding hydrogens is 401 g/mol. The first-order valence-corrected chi connectivity index (χ1v) is 10.5. The molecule has 1 aromatic carbocycles. The Balaban J connectivity index is 1.77. The van der Waals surface area contributed by atoms with Gasteiger partial charge in [-0.15, -0.1) is 0 Å². The molecule has 0 saturated carbocycles. The number of rotatable bonds is 6. The summed E-state index contributed by atoms with van der Waals surface area (Å²) in [6, 6.07) is 8.85. The Bertz CT molecular complexity index is 817. The Morgan fingerprint density at radius 2 is 1.83 bits per heavy atom. The molecule has 9 heteroatoms. The van der Waals surface area contributed by atoms with Crippen LogP contribution >= 0.6 is 11.8 Å². The van der Waals surface area contributed by atoms with Gasteiger partial charge in [0.15, 0.2) is 5.16 Å². The van der Waals surface area contributed by atoms with Gasteiger partial charge in [-0.1, -0.05) is 49.0 Å². The van der Waals surface area contributed by atoms with Crippen LogP contribution in [0.3, 0.4) is 0 Å². The van der Waals surface area contributed by atoms with Crippen molar-refractivity contribution in [2.75, 3.05) is 32.7 Å². The molecule has 2 heterocycles. The van der Waals surface area contributed by atoms with E-state index in [0.29, 0.717) is 24.3 Å². The first-order valence-electron chi connectivity index (χ1n) is 9.64. The summed E-state index contributed by atoms with van der Waals surface area (Å²) in [5.41, 5.74) is 1.05. The Morgan fingerprint density at radius 3 is 2.41 bits per heavy atom. The topological polar surface area (TPSA) is 41.4 Å². The number of alkyl halides is 3. The Hall–Kier alpha value is -2.00. The highest BCUT2D eigenvalue weighted by molar-refractivity contribution is 8.00. The number of thioether (sulfide) groups is 1. The van der Waals surface area contributed by atoms with Crippen molar-refractivity contribution in [2.45, 2.75) is 37.0 Å². The second-order valence-corrected chi connectivity index (χ2v) is 8.32. The number of carbonyl (C=O) groups is 1. The van der Waals surface area contributed by atoms with Gasteiger partial charge in [0.2, 0.25) is 5.91 Å². The molecule has 2 aromatic rings. The third kappa shape index (κ3) is 5.54. The van der Waals surface area contributed by atoms with Gasteiger partial charge in [-0.2, -0.15) is 13.2 Å². The van der Waals surface area contributed by atoms with E-state index in [1.807, 2.05) is 6.07 Å². The summed E-state index contributed by atoms with van der Waals surface area (Å²) in [6.07, 6.45) is -2.94. The molecule has 3 rings (SSSR count). The maximum atomic E-state index is 13.2. The summed E-state index contributed by atoms with van der Waals surface area (Å²) in [6.45, 7) is 6.54. The Morgan fingerprint density at radius 1 is 1.17 bits per heavy atom. The summed E-state index contributed by atoms with van der Waals surface area (Å²) in [7, 11) is 0. The lowest BCUT2D eigenvalue weighted by molar-refractivity contribution is -0.141. The minimum Gasteiger partial charge on any atom is -0.339 e. The molecule has 0 bridgehead atoms. The van der Waals surface area contributed by atoms with E-state index in [1.54, 1.807) is 36.1 Å². The molecule has 5 nitrogen and oxygen atoms in total. The smallest absolute Gasteiger partial charge is 0.339 e. The Labute approximate surface area is 172 Å². The van der Waals surface area contributed by atoms with Crippen molar-refractivity contribution in [1.29, 1.82) is 0 Å². The molecule has 1 aromatic heterocycles. The second-order valence-electron chi connectivity index (χ2n) is 7.01. The van der Waals surface area contributed by atoms with Crippen molar-refractivity contribution >= 4 is 17.7 Å². The van der Waals surface area contributed by atoms with Gasteiger partial charge in [-0.25, -0.2) is 4.98 Å². The lowest BCUT2D eigenvalue weighted by Gasteiger charge is -2.35. The molecule has 0 aliphatic carbocycles. The maximum Gasteiger partial charge on any atom is 0.406 e. The highest BCUT2D eigenvalue weighted by Gasteiger charge is 2.32. The van der Waals surface area contributed by atoms with Crippen LogP contribution < -0.4 is 0 Å². The van der Waals surface area contributed by atoms with Crippen LogP contribution in [0.25, 0.3) is 11.3 Å². The quantitative estimate of drug-likeness (QED) is 0.660. The largest absolute Gasteiger partial charge is 0.406 e. The molecule has 1 aliphatic rings. The van der Waals surface area contributed by atoms with Crippen molar-refractivity contribution in [3.05, 3.63) is 36.5 Å². The summed E-state index contributed by atoms with van der Waals surface area (Å²) in [5.74, 6) is -0.0615. The average Bonchev–Trinajstić information content (AvgIpc) is 3.08. The molecule has 1 amide bonds. The van der Waals surface area contributed by atoms with Crippen LogP contribution in [0.1, 0.15) is 13.8 Å². The SMILES string of the molecule is CCN1CCN(C(=O)C(C)Sc2ncc(-c3ccccc3)n2CC(F)(F)F)CC1. The van der Waals surface area contributed by atoms with Gasteiger partial charge in [0.05, 0.1) is 17.1 Å². The minimum absolute atomic E-state index is 0.0615. The zero-order chi connectivity index (χ0) is 21.0. The van der Waals surface area contributed by atoms with Gasteiger partial charge in [0.25, 0.3) is 0 Å². The maximum absolute atomic E-state index is 13.2. The zero-order valence-corrected chi connectivity index (χ0v) is 17.3. The number of nitrogens with zero attached hydrogens (tertiary/aromatic N) is 4. The molecule has 0 N–H and O–H groups in total. The molecule has 29 heavy (non-hydrogen) atoms. The highest BCUT2D eigenvalue weighted by Crippen LogP contribution is 2.32. The first-order chi connectivity index (χ1) is 13.8. The molecule has 0 spiro atoms. The molecule has 1 aliphatic heterocycles. The van der Waals surface area contributed by atoms with E-state index in [4.69, 9.17) is 0 Å². The predicted molar refractivity (Wildman–Crippen MR) is 108 cm³/mol. The van der Waals surface area contributed by atoms with Crippen LogP contribution in [0.5, 0.6) is 0 Å². The average molecular weight is 427 g/mol. The number of carbonyl (C=O) groups excluding carboxylic acids is 1. The van der Waals surface area contributed by atoms with Crippen LogP contribution in [0.15, 0.2) is 41.7 Å². The number of imidazole rings is 1. The number of likely N-dealkylation sites (N-methyl/N-ethyl adjacent to an activating group) is 1. The first kappa shape index (κ1) is 21.7. The Kier molecular flexibility index (Phi) is 6.89. The van der Waals surface area contributed by atoms with E-state index < -0.39 is 18.0 Å². The van der Waals surface area contributed by atoms with Crippen LogP contribution in [0.2, 0.25) is 0 Å². The van der Waals surface area contributed by atoms with Gasteiger partial charge >= 0.3 is 6.18 Å². The molecule has 1 atom stereocenters. The summed E-state index contributed by atoms with van der Waals surface area (Å²) >= 11 is 1.08. The fraction of sp³-hybridized carbons (Fsp3) is 0.500. The lowest BCUT2D eigenvalue weighted by atomic mass is 10.2. The van der Waals surface area contributed by atoms with Crippen LogP contribution in [0.4, 0.5) is 13.2 Å².